The Bertz CT molecular complexity index is 509. The highest BCUT2D eigenvalue weighted by atomic mass is 14.9. The van der Waals surface area contributed by atoms with Gasteiger partial charge in [-0.3, -0.25) is 0 Å². The summed E-state index contributed by atoms with van der Waals surface area (Å²) in [6.07, 6.45) is 38.9. The highest BCUT2D eigenvalue weighted by molar-refractivity contribution is 5.05. The maximum Gasteiger partial charge on any atom is 0.171 e. The minimum Gasteiger partial charge on any atom is -0.205 e. The van der Waals surface area contributed by atoms with Crippen molar-refractivity contribution in [3.63, 3.8) is 0 Å². The Balaban J connectivity index is 1.86. The van der Waals surface area contributed by atoms with E-state index in [9.17, 15) is 0 Å². The molecule has 0 aromatic carbocycles. The van der Waals surface area contributed by atoms with Crippen LogP contribution in [0.15, 0.2) is 24.5 Å². The smallest absolute Gasteiger partial charge is 0.171 e. The molecule has 1 rings (SSSR count). The van der Waals surface area contributed by atoms with Crippen LogP contribution in [0.5, 0.6) is 0 Å². The molecule has 33 heavy (non-hydrogen) atoms. The molecule has 192 valence electrons. The van der Waals surface area contributed by atoms with E-state index >= 15 is 0 Å². The van der Waals surface area contributed by atoms with E-state index in [0.29, 0.717) is 0 Å². The van der Waals surface area contributed by atoms with Crippen LogP contribution in [0.1, 0.15) is 167 Å². The minimum absolute atomic E-state index is 1.19. The monoisotopic (exact) mass is 458 g/mol. The molecular weight excluding hydrogens is 398 g/mol. The average Bonchev–Trinajstić information content (AvgIpc) is 2.83. The molecule has 0 N–H and O–H groups in total. The van der Waals surface area contributed by atoms with Crippen LogP contribution in [0.25, 0.3) is 0 Å². The molecule has 0 radical (unpaired) electrons. The van der Waals surface area contributed by atoms with Crippen LogP contribution in [0.2, 0.25) is 0 Å². The van der Waals surface area contributed by atoms with Crippen molar-refractivity contribution >= 4 is 0 Å². The topological polar surface area (TPSA) is 3.88 Å². The molecule has 1 aromatic rings. The van der Waals surface area contributed by atoms with E-state index in [4.69, 9.17) is 0 Å². The van der Waals surface area contributed by atoms with Crippen LogP contribution >= 0.6 is 0 Å². The lowest BCUT2D eigenvalue weighted by Gasteiger charge is -2.04. The Labute approximate surface area is 209 Å². The van der Waals surface area contributed by atoms with E-state index in [1.807, 2.05) is 0 Å². The van der Waals surface area contributed by atoms with E-state index in [1.165, 1.54) is 166 Å². The molecule has 0 aliphatic carbocycles. The van der Waals surface area contributed by atoms with Crippen LogP contribution in [0.4, 0.5) is 0 Å². The Kier molecular flexibility index (Phi) is 22.2. The van der Waals surface area contributed by atoms with Gasteiger partial charge >= 0.3 is 0 Å². The maximum atomic E-state index is 2.42. The fraction of sp³-hybridized carbons (Fsp3) is 0.844. The van der Waals surface area contributed by atoms with Crippen LogP contribution in [-0.2, 0) is 13.0 Å². The lowest BCUT2D eigenvalue weighted by Crippen LogP contribution is -2.33. The van der Waals surface area contributed by atoms with Crippen molar-refractivity contribution in [2.24, 2.45) is 0 Å². The Morgan fingerprint density at radius 3 is 1.33 bits per heavy atom. The molecule has 1 aromatic heterocycles. The van der Waals surface area contributed by atoms with Gasteiger partial charge in [0.25, 0.3) is 0 Å². The molecule has 0 atom stereocenters. The summed E-state index contributed by atoms with van der Waals surface area (Å²) in [6, 6.07) is 4.57. The minimum atomic E-state index is 1.19. The SMILES string of the molecule is CCCCCCCCCCCCCCCCCCCc1ccc[n+](CCCCCCCC)c1. The third-order valence-electron chi connectivity index (χ3n) is 7.26. The number of aryl methyl sites for hydroxylation is 2. The summed E-state index contributed by atoms with van der Waals surface area (Å²) in [5, 5.41) is 0. The summed E-state index contributed by atoms with van der Waals surface area (Å²) in [6.45, 7) is 5.79. The molecule has 0 aliphatic heterocycles. The maximum absolute atomic E-state index is 2.42. The molecule has 0 bridgehead atoms. The van der Waals surface area contributed by atoms with Crippen molar-refractivity contribution < 1.29 is 4.57 Å². The standard InChI is InChI=1S/C32H60N/c1-3-5-7-9-11-12-13-14-15-16-17-18-19-20-21-22-24-27-32-28-26-30-33(31-32)29-25-23-10-8-6-4-2/h26,28,30-31H,3-25,27,29H2,1-2H3/q+1. The Morgan fingerprint density at radius 1 is 0.485 bits per heavy atom. The number of nitrogens with zero attached hydrogens (tertiary/aromatic N) is 1. The predicted molar refractivity (Wildman–Crippen MR) is 148 cm³/mol. The van der Waals surface area contributed by atoms with E-state index in [1.54, 1.807) is 0 Å². The molecule has 1 heterocycles. The molecule has 1 heteroatoms. The van der Waals surface area contributed by atoms with Crippen molar-refractivity contribution in [1.82, 2.24) is 0 Å². The van der Waals surface area contributed by atoms with Crippen molar-refractivity contribution in [2.45, 2.75) is 174 Å². The van der Waals surface area contributed by atoms with Gasteiger partial charge in [-0.05, 0) is 25.3 Å². The first-order valence-corrected chi connectivity index (χ1v) is 15.3. The van der Waals surface area contributed by atoms with Gasteiger partial charge < -0.3 is 0 Å². The normalized spacial score (nSPS) is 11.3. The predicted octanol–water partition coefficient (Wildman–Crippen LogP) is 10.5. The van der Waals surface area contributed by atoms with Crippen LogP contribution in [0.3, 0.4) is 0 Å². The summed E-state index contributed by atoms with van der Waals surface area (Å²) in [7, 11) is 0. The average molecular weight is 459 g/mol. The second-order valence-corrected chi connectivity index (χ2v) is 10.6. The third kappa shape index (κ3) is 20.3. The second kappa shape index (κ2) is 24.3. The van der Waals surface area contributed by atoms with Crippen LogP contribution in [0, 0.1) is 0 Å². The summed E-state index contributed by atoms with van der Waals surface area (Å²) in [5.74, 6) is 0. The van der Waals surface area contributed by atoms with Gasteiger partial charge in [-0.2, -0.15) is 0 Å². The van der Waals surface area contributed by atoms with Crippen LogP contribution in [-0.4, -0.2) is 0 Å². The van der Waals surface area contributed by atoms with Crippen molar-refractivity contribution in [3.05, 3.63) is 30.1 Å². The first-order valence-electron chi connectivity index (χ1n) is 15.3. The number of rotatable bonds is 25. The van der Waals surface area contributed by atoms with Gasteiger partial charge in [0.2, 0.25) is 0 Å². The van der Waals surface area contributed by atoms with Crippen molar-refractivity contribution in [1.29, 1.82) is 0 Å². The molecule has 0 amide bonds. The number of pyridine rings is 1. The zero-order chi connectivity index (χ0) is 23.7. The molecule has 0 saturated heterocycles. The molecule has 0 saturated carbocycles. The molecule has 0 aliphatic rings. The summed E-state index contributed by atoms with van der Waals surface area (Å²) in [4.78, 5) is 0. The zero-order valence-electron chi connectivity index (χ0n) is 22.9. The van der Waals surface area contributed by atoms with Gasteiger partial charge in [0.05, 0.1) is 0 Å². The Hall–Kier alpha value is -0.850. The molecule has 1 nitrogen and oxygen atoms in total. The first kappa shape index (κ1) is 30.2. The highest BCUT2D eigenvalue weighted by Crippen LogP contribution is 2.14. The first-order chi connectivity index (χ1) is 16.4. The Morgan fingerprint density at radius 2 is 0.879 bits per heavy atom. The van der Waals surface area contributed by atoms with Gasteiger partial charge in [-0.1, -0.05) is 142 Å². The molecule has 0 unspecified atom stereocenters. The number of hydrogen-bond acceptors (Lipinski definition) is 0. The van der Waals surface area contributed by atoms with Gasteiger partial charge in [-0.15, -0.1) is 0 Å². The fourth-order valence-electron chi connectivity index (χ4n) is 4.99. The quantitative estimate of drug-likeness (QED) is 0.101. The zero-order valence-corrected chi connectivity index (χ0v) is 22.9. The lowest BCUT2D eigenvalue weighted by atomic mass is 10.0. The summed E-state index contributed by atoms with van der Waals surface area (Å²) in [5.41, 5.74) is 1.53. The highest BCUT2D eigenvalue weighted by Gasteiger charge is 2.03. The van der Waals surface area contributed by atoms with E-state index in [-0.39, 0.29) is 0 Å². The molecule has 0 fully saturated rings. The van der Waals surface area contributed by atoms with E-state index < -0.39 is 0 Å². The third-order valence-corrected chi connectivity index (χ3v) is 7.26. The molecular formula is C32H60N+. The van der Waals surface area contributed by atoms with Crippen molar-refractivity contribution in [3.8, 4) is 0 Å². The van der Waals surface area contributed by atoms with Gasteiger partial charge in [0.1, 0.15) is 6.54 Å². The summed E-state index contributed by atoms with van der Waals surface area (Å²) < 4.78 is 2.42. The largest absolute Gasteiger partial charge is 0.205 e. The second-order valence-electron chi connectivity index (χ2n) is 10.6. The molecule has 0 spiro atoms. The van der Waals surface area contributed by atoms with E-state index in [0.717, 1.165) is 0 Å². The number of unbranched alkanes of at least 4 members (excludes halogenated alkanes) is 21. The summed E-state index contributed by atoms with van der Waals surface area (Å²) >= 11 is 0. The van der Waals surface area contributed by atoms with Crippen LogP contribution < -0.4 is 4.57 Å². The lowest BCUT2D eigenvalue weighted by molar-refractivity contribution is -0.697. The van der Waals surface area contributed by atoms with Gasteiger partial charge in [-0.25, -0.2) is 4.57 Å². The van der Waals surface area contributed by atoms with E-state index in [2.05, 4.69) is 42.9 Å². The number of hydrogen-bond donors (Lipinski definition) is 0. The van der Waals surface area contributed by atoms with Gasteiger partial charge in [0, 0.05) is 18.1 Å². The fourth-order valence-corrected chi connectivity index (χ4v) is 4.99. The number of aromatic nitrogens is 1. The van der Waals surface area contributed by atoms with Crippen molar-refractivity contribution in [2.75, 3.05) is 0 Å². The van der Waals surface area contributed by atoms with Gasteiger partial charge in [0.15, 0.2) is 12.4 Å².